The van der Waals surface area contributed by atoms with Gasteiger partial charge in [-0.15, -0.1) is 0 Å². The Morgan fingerprint density at radius 3 is 2.48 bits per heavy atom. The molecule has 2 aromatic heterocycles. The largest absolute Gasteiger partial charge is 0.425 e. The summed E-state index contributed by atoms with van der Waals surface area (Å²) in [5, 5.41) is 17.2. The highest BCUT2D eigenvalue weighted by Crippen LogP contribution is 2.40. The van der Waals surface area contributed by atoms with Gasteiger partial charge in [0.15, 0.2) is 5.82 Å². The number of nitrogens with one attached hydrogen (secondary N) is 1. The molecular weight excluding hydrogens is 411 g/mol. The number of benzene rings is 1. The molecule has 1 aromatic carbocycles. The van der Waals surface area contributed by atoms with Crippen LogP contribution in [0.1, 0.15) is 34.8 Å². The second kappa shape index (κ2) is 8.54. The number of rotatable bonds is 7. The van der Waals surface area contributed by atoms with Crippen molar-refractivity contribution < 1.29 is 23.1 Å². The molecule has 0 aliphatic rings. The van der Waals surface area contributed by atoms with E-state index < -0.39 is 29.9 Å². The molecule has 0 saturated carbocycles. The Kier molecular flexibility index (Phi) is 6.21. The van der Waals surface area contributed by atoms with Crippen molar-refractivity contribution in [1.29, 1.82) is 0 Å². The van der Waals surface area contributed by atoms with Gasteiger partial charge in [0.2, 0.25) is 11.5 Å². The summed E-state index contributed by atoms with van der Waals surface area (Å²) in [5.74, 6) is -1.58. The molecule has 1 atom stereocenters. The quantitative estimate of drug-likeness (QED) is 0.598. The van der Waals surface area contributed by atoms with Crippen molar-refractivity contribution in [2.45, 2.75) is 45.1 Å². The molecule has 3 rings (SSSR count). The first-order chi connectivity index (χ1) is 14.5. The monoisotopic (exact) mass is 435 g/mol. The number of nitrogens with zero attached hydrogens (tertiary/aromatic N) is 4. The lowest BCUT2D eigenvalue weighted by Crippen LogP contribution is -2.47. The summed E-state index contributed by atoms with van der Waals surface area (Å²) in [6.45, 7) is 4.42. The third-order valence-corrected chi connectivity index (χ3v) is 4.99. The van der Waals surface area contributed by atoms with E-state index in [0.717, 1.165) is 33.3 Å². The molecule has 7 nitrogen and oxygen atoms in total. The lowest BCUT2D eigenvalue weighted by molar-refractivity contribution is -0.271. The number of halogens is 3. The molecule has 0 aliphatic carbocycles. The highest BCUT2D eigenvalue weighted by molar-refractivity contribution is 5.77. The van der Waals surface area contributed by atoms with Crippen LogP contribution >= 0.6 is 0 Å². The molecular formula is C21H24F3N5O2. The van der Waals surface area contributed by atoms with Gasteiger partial charge in [0.25, 0.3) is 0 Å². The van der Waals surface area contributed by atoms with Crippen LogP contribution < -0.4 is 5.32 Å². The summed E-state index contributed by atoms with van der Waals surface area (Å²) in [7, 11) is 1.32. The minimum Gasteiger partial charge on any atom is -0.374 e. The van der Waals surface area contributed by atoms with Crippen molar-refractivity contribution in [1.82, 2.24) is 24.6 Å². The predicted molar refractivity (Wildman–Crippen MR) is 107 cm³/mol. The van der Waals surface area contributed by atoms with E-state index in [-0.39, 0.29) is 6.54 Å². The first-order valence-electron chi connectivity index (χ1n) is 9.62. The molecule has 0 bridgehead atoms. The van der Waals surface area contributed by atoms with Crippen LogP contribution in [0.2, 0.25) is 0 Å². The van der Waals surface area contributed by atoms with E-state index in [1.807, 2.05) is 42.8 Å². The fraction of sp³-hybridized carbons (Fsp3) is 0.381. The van der Waals surface area contributed by atoms with Gasteiger partial charge in [0.1, 0.15) is 0 Å². The van der Waals surface area contributed by atoms with E-state index >= 15 is 0 Å². The second-order valence-electron chi connectivity index (χ2n) is 7.58. The van der Waals surface area contributed by atoms with Crippen LogP contribution in [0.5, 0.6) is 0 Å². The Hall–Kier alpha value is -3.14. The Morgan fingerprint density at radius 2 is 1.90 bits per heavy atom. The van der Waals surface area contributed by atoms with Crippen molar-refractivity contribution in [3.05, 3.63) is 71.1 Å². The fourth-order valence-electron chi connectivity index (χ4n) is 3.41. The van der Waals surface area contributed by atoms with Crippen LogP contribution in [0.3, 0.4) is 0 Å². The van der Waals surface area contributed by atoms with Crippen LogP contribution in [0, 0.1) is 13.8 Å². The van der Waals surface area contributed by atoms with Gasteiger partial charge in [0, 0.05) is 31.7 Å². The summed E-state index contributed by atoms with van der Waals surface area (Å²) in [4.78, 5) is 15.9. The topological polar surface area (TPSA) is 85.0 Å². The number of hydrogen-bond acceptors (Lipinski definition) is 4. The van der Waals surface area contributed by atoms with Gasteiger partial charge < -0.3 is 15.0 Å². The zero-order valence-corrected chi connectivity index (χ0v) is 17.4. The number of amides is 1. The Balaban J connectivity index is 1.67. The first kappa shape index (κ1) is 22.5. The van der Waals surface area contributed by atoms with Crippen LogP contribution in [-0.4, -0.2) is 36.5 Å². The molecule has 10 heteroatoms. The average molecular weight is 435 g/mol. The van der Waals surface area contributed by atoms with Gasteiger partial charge in [-0.25, -0.2) is 4.98 Å². The maximum Gasteiger partial charge on any atom is 0.425 e. The van der Waals surface area contributed by atoms with Crippen molar-refractivity contribution >= 4 is 5.91 Å². The summed E-state index contributed by atoms with van der Waals surface area (Å²) >= 11 is 0. The minimum atomic E-state index is -5.07. The molecule has 2 heterocycles. The van der Waals surface area contributed by atoms with Gasteiger partial charge in [-0.2, -0.15) is 18.3 Å². The number of aryl methyl sites for hydroxylation is 3. The third kappa shape index (κ3) is 4.96. The summed E-state index contributed by atoms with van der Waals surface area (Å²) < 4.78 is 43.6. The van der Waals surface area contributed by atoms with Crippen molar-refractivity contribution in [2.24, 2.45) is 7.05 Å². The number of alkyl halides is 3. The van der Waals surface area contributed by atoms with E-state index in [9.17, 15) is 23.1 Å². The molecule has 0 fully saturated rings. The van der Waals surface area contributed by atoms with Crippen LogP contribution in [0.15, 0.2) is 42.7 Å². The molecule has 1 unspecified atom stereocenters. The molecule has 1 amide bonds. The molecule has 31 heavy (non-hydrogen) atoms. The van der Waals surface area contributed by atoms with Crippen molar-refractivity contribution in [2.75, 3.05) is 0 Å². The van der Waals surface area contributed by atoms with E-state index in [1.165, 1.54) is 13.2 Å². The van der Waals surface area contributed by atoms with Crippen LogP contribution in [0.4, 0.5) is 13.2 Å². The second-order valence-corrected chi connectivity index (χ2v) is 7.58. The Bertz CT molecular complexity index is 1070. The molecule has 3 aromatic rings. The van der Waals surface area contributed by atoms with E-state index in [0.29, 0.717) is 6.54 Å². The average Bonchev–Trinajstić information content (AvgIpc) is 3.24. The summed E-state index contributed by atoms with van der Waals surface area (Å²) in [6.07, 6.45) is -3.84. The zero-order chi connectivity index (χ0) is 22.8. The number of hydrogen-bond donors (Lipinski definition) is 2. The predicted octanol–water partition coefficient (Wildman–Crippen LogP) is 2.74. The van der Waals surface area contributed by atoms with E-state index in [4.69, 9.17) is 0 Å². The normalized spacial score (nSPS) is 13.8. The smallest absolute Gasteiger partial charge is 0.374 e. The molecule has 0 aliphatic heterocycles. The number of carbonyl (C=O) groups is 1. The van der Waals surface area contributed by atoms with E-state index in [1.54, 1.807) is 6.07 Å². The number of carbonyl (C=O) groups excluding carboxylic acids is 1. The fourth-order valence-corrected chi connectivity index (χ4v) is 3.41. The summed E-state index contributed by atoms with van der Waals surface area (Å²) in [6, 6.07) is 9.30. The van der Waals surface area contributed by atoms with Crippen LogP contribution in [-0.2, 0) is 30.5 Å². The highest BCUT2D eigenvalue weighted by Gasteiger charge is 2.58. The standard InChI is InChI=1S/C21H24F3N5O2/c1-14-9-15(2)29(27-14)13-17-6-4-5-16(10-17)12-26-18(30)11-20(31,21(22,23)24)19-25-7-8-28(19)3/h4-10,31H,11-13H2,1-3H3,(H,26,30). The molecule has 0 radical (unpaired) electrons. The van der Waals surface area contributed by atoms with Gasteiger partial charge >= 0.3 is 6.18 Å². The number of imidazole rings is 1. The van der Waals surface area contributed by atoms with Crippen molar-refractivity contribution in [3.8, 4) is 0 Å². The molecule has 166 valence electrons. The number of aliphatic hydroxyl groups is 1. The van der Waals surface area contributed by atoms with Gasteiger partial charge in [-0.1, -0.05) is 24.3 Å². The minimum absolute atomic E-state index is 0.0261. The van der Waals surface area contributed by atoms with Crippen LogP contribution in [0.25, 0.3) is 0 Å². The Labute approximate surface area is 177 Å². The number of aromatic nitrogens is 4. The SMILES string of the molecule is Cc1cc(C)n(Cc2cccc(CNC(=O)CC(O)(c3nccn3C)C(F)(F)F)c2)n1. The zero-order valence-electron chi connectivity index (χ0n) is 17.4. The highest BCUT2D eigenvalue weighted by atomic mass is 19.4. The van der Waals surface area contributed by atoms with E-state index in [2.05, 4.69) is 15.4 Å². The van der Waals surface area contributed by atoms with Crippen molar-refractivity contribution in [3.63, 3.8) is 0 Å². The van der Waals surface area contributed by atoms with Gasteiger partial charge in [-0.05, 0) is 31.0 Å². The maximum absolute atomic E-state index is 13.6. The molecule has 0 saturated heterocycles. The van der Waals surface area contributed by atoms with Gasteiger partial charge in [-0.3, -0.25) is 9.48 Å². The third-order valence-electron chi connectivity index (χ3n) is 4.99. The van der Waals surface area contributed by atoms with Gasteiger partial charge in [0.05, 0.1) is 18.7 Å². The maximum atomic E-state index is 13.6. The summed E-state index contributed by atoms with van der Waals surface area (Å²) in [5.41, 5.74) is 0.201. The lowest BCUT2D eigenvalue weighted by Gasteiger charge is -2.29. The molecule has 2 N–H and O–H groups in total. The Morgan fingerprint density at radius 1 is 1.19 bits per heavy atom. The molecule has 0 spiro atoms. The lowest BCUT2D eigenvalue weighted by atomic mass is 9.97. The first-order valence-corrected chi connectivity index (χ1v) is 9.62.